The third kappa shape index (κ3) is 3.40. The van der Waals surface area contributed by atoms with Crippen LogP contribution in [-0.4, -0.2) is 6.61 Å². The number of hydrogen-bond acceptors (Lipinski definition) is 3. The average molecular weight is 329 g/mol. The quantitative estimate of drug-likeness (QED) is 0.668. The Morgan fingerprint density at radius 1 is 1.08 bits per heavy atom. The molecule has 0 aliphatic rings. The van der Waals surface area contributed by atoms with Crippen molar-refractivity contribution in [2.45, 2.75) is 20.0 Å². The highest BCUT2D eigenvalue weighted by molar-refractivity contribution is 5.75. The van der Waals surface area contributed by atoms with Gasteiger partial charge in [-0.2, -0.15) is 8.78 Å². The van der Waals surface area contributed by atoms with Gasteiger partial charge in [-0.3, -0.25) is 0 Å². The summed E-state index contributed by atoms with van der Waals surface area (Å²) in [6, 6.07) is 14.2. The summed E-state index contributed by atoms with van der Waals surface area (Å²) in [5.74, 6) is 0.938. The summed E-state index contributed by atoms with van der Waals surface area (Å²) in [7, 11) is 0. The van der Waals surface area contributed by atoms with E-state index < -0.39 is 6.61 Å². The lowest BCUT2D eigenvalue weighted by Crippen LogP contribution is -2.02. The fourth-order valence-electron chi connectivity index (χ4n) is 2.65. The van der Waals surface area contributed by atoms with E-state index in [-0.39, 0.29) is 5.75 Å². The van der Waals surface area contributed by atoms with Crippen molar-refractivity contribution in [3.63, 3.8) is 0 Å². The molecule has 0 amide bonds. The Morgan fingerprint density at radius 3 is 2.46 bits per heavy atom. The number of benzene rings is 2. The normalized spacial score (nSPS) is 11.0. The Balaban J connectivity index is 1.99. The van der Waals surface area contributed by atoms with E-state index in [0.717, 1.165) is 28.0 Å². The lowest BCUT2D eigenvalue weighted by molar-refractivity contribution is -0.0498. The Labute approximate surface area is 138 Å². The van der Waals surface area contributed by atoms with E-state index in [1.54, 1.807) is 18.4 Å². The smallest absolute Gasteiger partial charge is 0.387 e. The zero-order valence-corrected chi connectivity index (χ0v) is 13.1. The first-order valence-corrected chi connectivity index (χ1v) is 7.50. The monoisotopic (exact) mass is 329 g/mol. The number of rotatable bonds is 5. The number of alkyl halides is 2. The zero-order valence-electron chi connectivity index (χ0n) is 13.1. The molecule has 3 nitrogen and oxygen atoms in total. The van der Waals surface area contributed by atoms with Gasteiger partial charge in [-0.1, -0.05) is 24.3 Å². The third-order valence-electron chi connectivity index (χ3n) is 3.90. The summed E-state index contributed by atoms with van der Waals surface area (Å²) < 4.78 is 34.4. The van der Waals surface area contributed by atoms with E-state index >= 15 is 0 Å². The molecule has 0 fully saturated rings. The average Bonchev–Trinajstić information content (AvgIpc) is 3.06. The van der Waals surface area contributed by atoms with E-state index in [4.69, 9.17) is 10.2 Å². The van der Waals surface area contributed by atoms with Crippen LogP contribution in [0.15, 0.2) is 59.2 Å². The van der Waals surface area contributed by atoms with E-state index in [2.05, 4.69) is 4.74 Å². The first-order chi connectivity index (χ1) is 11.5. The van der Waals surface area contributed by atoms with Crippen molar-refractivity contribution >= 4 is 5.69 Å². The second-order valence-corrected chi connectivity index (χ2v) is 5.48. The molecule has 0 radical (unpaired) electrons. The van der Waals surface area contributed by atoms with Crippen molar-refractivity contribution in [3.8, 4) is 16.9 Å². The van der Waals surface area contributed by atoms with Crippen LogP contribution < -0.4 is 10.5 Å². The molecule has 3 rings (SSSR count). The van der Waals surface area contributed by atoms with Gasteiger partial charge in [0.05, 0.1) is 6.26 Å². The van der Waals surface area contributed by atoms with Gasteiger partial charge in [-0.15, -0.1) is 0 Å². The second kappa shape index (κ2) is 6.74. The highest BCUT2D eigenvalue weighted by Crippen LogP contribution is 2.33. The number of furan rings is 1. The van der Waals surface area contributed by atoms with Gasteiger partial charge in [-0.25, -0.2) is 0 Å². The summed E-state index contributed by atoms with van der Waals surface area (Å²) in [5.41, 5.74) is 10.7. The fraction of sp³-hybridized carbons (Fsp3) is 0.158. The van der Waals surface area contributed by atoms with Crippen LogP contribution in [0, 0.1) is 6.92 Å². The minimum absolute atomic E-state index is 0.126. The molecule has 0 bridgehead atoms. The predicted molar refractivity (Wildman–Crippen MR) is 89.2 cm³/mol. The Bertz CT molecular complexity index is 812. The fourth-order valence-corrected chi connectivity index (χ4v) is 2.65. The van der Waals surface area contributed by atoms with Crippen molar-refractivity contribution < 1.29 is 17.9 Å². The molecular weight excluding hydrogens is 312 g/mol. The summed E-state index contributed by atoms with van der Waals surface area (Å²) in [4.78, 5) is 0. The van der Waals surface area contributed by atoms with E-state index in [1.165, 1.54) is 12.1 Å². The van der Waals surface area contributed by atoms with Crippen LogP contribution >= 0.6 is 0 Å². The first-order valence-electron chi connectivity index (χ1n) is 7.50. The molecule has 0 aliphatic carbocycles. The number of ether oxygens (including phenoxy) is 1. The molecule has 0 atom stereocenters. The zero-order chi connectivity index (χ0) is 17.1. The molecule has 0 aliphatic heterocycles. The van der Waals surface area contributed by atoms with Gasteiger partial charge in [0.1, 0.15) is 11.5 Å². The van der Waals surface area contributed by atoms with Gasteiger partial charge >= 0.3 is 6.61 Å². The minimum Gasteiger partial charge on any atom is -0.469 e. The summed E-state index contributed by atoms with van der Waals surface area (Å²) in [6.07, 6.45) is 2.18. The molecule has 1 aromatic heterocycles. The predicted octanol–water partition coefficient (Wildman–Crippen LogP) is 5.03. The van der Waals surface area contributed by atoms with E-state index in [1.807, 2.05) is 31.2 Å². The van der Waals surface area contributed by atoms with Crippen molar-refractivity contribution in [1.82, 2.24) is 0 Å². The van der Waals surface area contributed by atoms with Crippen molar-refractivity contribution in [2.24, 2.45) is 0 Å². The lowest BCUT2D eigenvalue weighted by atomic mass is 9.93. The Morgan fingerprint density at radius 2 is 1.83 bits per heavy atom. The number of anilines is 1. The van der Waals surface area contributed by atoms with Gasteiger partial charge in [-0.05, 0) is 53.4 Å². The van der Waals surface area contributed by atoms with E-state index in [0.29, 0.717) is 12.1 Å². The number of nitrogens with two attached hydrogens (primary N) is 1. The molecule has 0 spiro atoms. The molecule has 0 saturated carbocycles. The molecule has 124 valence electrons. The van der Waals surface area contributed by atoms with Crippen LogP contribution in [0.3, 0.4) is 0 Å². The van der Waals surface area contributed by atoms with Crippen LogP contribution in [0.5, 0.6) is 5.75 Å². The third-order valence-corrected chi connectivity index (χ3v) is 3.90. The van der Waals surface area contributed by atoms with Crippen LogP contribution in [0.25, 0.3) is 11.1 Å². The molecule has 5 heteroatoms. The van der Waals surface area contributed by atoms with Gasteiger partial charge in [0.2, 0.25) is 0 Å². The first kappa shape index (κ1) is 16.1. The van der Waals surface area contributed by atoms with Crippen molar-refractivity contribution in [2.75, 3.05) is 5.73 Å². The Hall–Kier alpha value is -2.82. The van der Waals surface area contributed by atoms with Gasteiger partial charge in [0.25, 0.3) is 0 Å². The summed E-state index contributed by atoms with van der Waals surface area (Å²) in [6.45, 7) is -0.884. The van der Waals surface area contributed by atoms with Gasteiger partial charge in [0, 0.05) is 12.1 Å². The maximum absolute atomic E-state index is 12.3. The maximum atomic E-state index is 12.3. The molecule has 2 N–H and O–H groups in total. The standard InChI is InChI=1S/C19H17F2NO2/c1-12-4-9-16(13-5-7-14(8-6-13)24-19(20)21)17(18(12)22)11-15-3-2-10-23-15/h2-10,19H,11,22H2,1H3. The number of aryl methyl sites for hydroxylation is 1. The van der Waals surface area contributed by atoms with Crippen molar-refractivity contribution in [1.29, 1.82) is 0 Å². The number of nitrogen functional groups attached to an aromatic ring is 1. The van der Waals surface area contributed by atoms with Crippen LogP contribution in [0.4, 0.5) is 14.5 Å². The van der Waals surface area contributed by atoms with Crippen LogP contribution in [0.1, 0.15) is 16.9 Å². The molecule has 1 heterocycles. The molecule has 0 saturated heterocycles. The lowest BCUT2D eigenvalue weighted by Gasteiger charge is -2.14. The minimum atomic E-state index is -2.83. The molecule has 24 heavy (non-hydrogen) atoms. The SMILES string of the molecule is Cc1ccc(-c2ccc(OC(F)F)cc2)c(Cc2ccco2)c1N. The summed E-state index contributed by atoms with van der Waals surface area (Å²) in [5, 5.41) is 0. The maximum Gasteiger partial charge on any atom is 0.387 e. The molecule has 0 unspecified atom stereocenters. The number of halogens is 2. The molecule has 2 aromatic carbocycles. The highest BCUT2D eigenvalue weighted by Gasteiger charge is 2.13. The highest BCUT2D eigenvalue weighted by atomic mass is 19.3. The molecular formula is C19H17F2NO2. The van der Waals surface area contributed by atoms with Gasteiger partial charge < -0.3 is 14.9 Å². The second-order valence-electron chi connectivity index (χ2n) is 5.48. The largest absolute Gasteiger partial charge is 0.469 e. The van der Waals surface area contributed by atoms with Crippen molar-refractivity contribution in [3.05, 3.63) is 71.7 Å². The van der Waals surface area contributed by atoms with Crippen LogP contribution in [0.2, 0.25) is 0 Å². The Kier molecular flexibility index (Phi) is 4.51. The number of hydrogen-bond donors (Lipinski definition) is 1. The molecule has 3 aromatic rings. The van der Waals surface area contributed by atoms with Crippen LogP contribution in [-0.2, 0) is 6.42 Å². The van der Waals surface area contributed by atoms with Gasteiger partial charge in [0.15, 0.2) is 0 Å². The van der Waals surface area contributed by atoms with E-state index in [9.17, 15) is 8.78 Å². The topological polar surface area (TPSA) is 48.4 Å². The summed E-state index contributed by atoms with van der Waals surface area (Å²) >= 11 is 0.